The molecule has 92 valence electrons. The maximum atomic E-state index is 11.8. The fourth-order valence-corrected chi connectivity index (χ4v) is 1.96. The van der Waals surface area contributed by atoms with Gasteiger partial charge in [-0.15, -0.1) is 0 Å². The van der Waals surface area contributed by atoms with E-state index in [1.807, 2.05) is 18.2 Å². The molecule has 0 fully saturated rings. The number of carbonyl (C=O) groups is 1. The van der Waals surface area contributed by atoms with Crippen LogP contribution in [-0.4, -0.2) is 19.1 Å². The van der Waals surface area contributed by atoms with Crippen molar-refractivity contribution in [2.45, 2.75) is 32.2 Å². The molecule has 1 aliphatic rings. The van der Waals surface area contributed by atoms with E-state index < -0.39 is 0 Å². The Morgan fingerprint density at radius 3 is 2.88 bits per heavy atom. The van der Waals surface area contributed by atoms with E-state index >= 15 is 0 Å². The lowest BCUT2D eigenvalue weighted by Crippen LogP contribution is -2.38. The summed E-state index contributed by atoms with van der Waals surface area (Å²) in [4.78, 5) is 11.8. The Kier molecular flexibility index (Phi) is 3.52. The molecular weight excluding hydrogens is 216 g/mol. The number of ether oxygens (including phenoxy) is 1. The predicted octanol–water partition coefficient (Wildman–Crippen LogP) is 2.62. The molecule has 0 radical (unpaired) electrons. The van der Waals surface area contributed by atoms with Crippen molar-refractivity contribution in [2.24, 2.45) is 0 Å². The quantitative estimate of drug-likeness (QED) is 0.842. The third-order valence-corrected chi connectivity index (χ3v) is 2.98. The van der Waals surface area contributed by atoms with Crippen LogP contribution in [0.2, 0.25) is 0 Å². The Morgan fingerprint density at radius 1 is 1.35 bits per heavy atom. The lowest BCUT2D eigenvalue weighted by Gasteiger charge is -2.27. The molecule has 1 aliphatic heterocycles. The topological polar surface area (TPSA) is 50.4 Å². The Balaban J connectivity index is 2.15. The van der Waals surface area contributed by atoms with E-state index in [9.17, 15) is 4.79 Å². The van der Waals surface area contributed by atoms with Gasteiger partial charge in [0.25, 0.3) is 0 Å². The van der Waals surface area contributed by atoms with Gasteiger partial charge in [-0.3, -0.25) is 4.79 Å². The molecule has 0 aromatic heterocycles. The highest BCUT2D eigenvalue weighted by atomic mass is 16.5. The third-order valence-electron chi connectivity index (χ3n) is 2.98. The number of fused-ring (bicyclic) bond motifs is 1. The summed E-state index contributed by atoms with van der Waals surface area (Å²) in [6.07, 6.45) is 3.02. The minimum Gasteiger partial charge on any atom is -0.497 e. The zero-order valence-electron chi connectivity index (χ0n) is 10.2. The highest BCUT2D eigenvalue weighted by Crippen LogP contribution is 2.31. The first kappa shape index (κ1) is 11.8. The monoisotopic (exact) mass is 234 g/mol. The number of hydrogen-bond acceptors (Lipinski definition) is 3. The molecule has 4 heteroatoms. The number of unbranched alkanes of at least 4 members (excludes halogenated alkanes) is 1. The molecule has 1 aromatic carbocycles. The minimum absolute atomic E-state index is 0.0409. The smallest absolute Gasteiger partial charge is 0.246 e. The maximum Gasteiger partial charge on any atom is 0.246 e. The molecule has 0 spiro atoms. The van der Waals surface area contributed by atoms with Crippen LogP contribution in [0.5, 0.6) is 5.75 Å². The van der Waals surface area contributed by atoms with Crippen LogP contribution in [-0.2, 0) is 4.79 Å². The van der Waals surface area contributed by atoms with Gasteiger partial charge in [-0.25, -0.2) is 0 Å². The number of methoxy groups -OCH3 is 1. The molecule has 17 heavy (non-hydrogen) atoms. The number of amides is 1. The summed E-state index contributed by atoms with van der Waals surface area (Å²) >= 11 is 0. The van der Waals surface area contributed by atoms with Gasteiger partial charge < -0.3 is 15.4 Å². The van der Waals surface area contributed by atoms with Crippen molar-refractivity contribution in [3.05, 3.63) is 18.2 Å². The largest absolute Gasteiger partial charge is 0.497 e. The van der Waals surface area contributed by atoms with E-state index in [1.165, 1.54) is 0 Å². The number of rotatable bonds is 4. The van der Waals surface area contributed by atoms with Gasteiger partial charge in [0.05, 0.1) is 18.5 Å². The van der Waals surface area contributed by atoms with E-state index in [-0.39, 0.29) is 11.9 Å². The van der Waals surface area contributed by atoms with Gasteiger partial charge in [0.2, 0.25) is 5.91 Å². The average molecular weight is 234 g/mol. The van der Waals surface area contributed by atoms with Gasteiger partial charge in [-0.05, 0) is 18.6 Å². The molecule has 1 heterocycles. The molecule has 0 bridgehead atoms. The number of carbonyl (C=O) groups excluding carboxylic acids is 1. The van der Waals surface area contributed by atoms with Crippen LogP contribution < -0.4 is 15.4 Å². The Morgan fingerprint density at radius 2 is 2.18 bits per heavy atom. The lowest BCUT2D eigenvalue weighted by molar-refractivity contribution is -0.117. The van der Waals surface area contributed by atoms with Gasteiger partial charge in [0.1, 0.15) is 11.8 Å². The predicted molar refractivity (Wildman–Crippen MR) is 68.6 cm³/mol. The summed E-state index contributed by atoms with van der Waals surface area (Å²) in [5.41, 5.74) is 1.76. The first-order valence-electron chi connectivity index (χ1n) is 6.00. The average Bonchev–Trinajstić information content (AvgIpc) is 2.35. The summed E-state index contributed by atoms with van der Waals surface area (Å²) in [6.45, 7) is 2.12. The molecule has 2 N–H and O–H groups in total. The standard InChI is InChI=1S/C13H18N2O2/c1-3-4-5-11-13(16)15-12-8-9(17-2)6-7-10(12)14-11/h6-8,11,14H,3-5H2,1-2H3,(H,15,16). The van der Waals surface area contributed by atoms with Crippen LogP contribution in [0, 0.1) is 0 Å². The van der Waals surface area contributed by atoms with Gasteiger partial charge in [-0.2, -0.15) is 0 Å². The van der Waals surface area contributed by atoms with Gasteiger partial charge in [0, 0.05) is 6.07 Å². The Hall–Kier alpha value is -1.71. The SMILES string of the molecule is CCCCC1Nc2ccc(OC)cc2NC1=O. The zero-order valence-corrected chi connectivity index (χ0v) is 10.2. The maximum absolute atomic E-state index is 11.8. The number of nitrogens with one attached hydrogen (secondary N) is 2. The highest BCUT2D eigenvalue weighted by molar-refractivity contribution is 6.03. The van der Waals surface area contributed by atoms with Crippen molar-refractivity contribution in [2.75, 3.05) is 17.7 Å². The van der Waals surface area contributed by atoms with Crippen LogP contribution in [0.4, 0.5) is 11.4 Å². The van der Waals surface area contributed by atoms with Gasteiger partial charge in [-0.1, -0.05) is 19.8 Å². The summed E-state index contributed by atoms with van der Waals surface area (Å²) < 4.78 is 5.13. The van der Waals surface area contributed by atoms with Crippen molar-refractivity contribution < 1.29 is 9.53 Å². The fourth-order valence-electron chi connectivity index (χ4n) is 1.96. The fraction of sp³-hybridized carbons (Fsp3) is 0.462. The molecule has 0 saturated carbocycles. The summed E-state index contributed by atoms with van der Waals surface area (Å²) in [5, 5.41) is 6.18. The molecule has 0 saturated heterocycles. The number of anilines is 2. The number of hydrogen-bond donors (Lipinski definition) is 2. The van der Waals surface area contributed by atoms with E-state index in [1.54, 1.807) is 7.11 Å². The number of benzene rings is 1. The van der Waals surface area contributed by atoms with Crippen LogP contribution in [0.1, 0.15) is 26.2 Å². The Labute approximate surface area is 101 Å². The molecule has 2 rings (SSSR count). The van der Waals surface area contributed by atoms with Crippen LogP contribution in [0.15, 0.2) is 18.2 Å². The second kappa shape index (κ2) is 5.08. The van der Waals surface area contributed by atoms with E-state index in [0.29, 0.717) is 0 Å². The molecule has 0 aliphatic carbocycles. The molecule has 1 aromatic rings. The third kappa shape index (κ3) is 2.52. The van der Waals surface area contributed by atoms with E-state index in [0.717, 1.165) is 36.4 Å². The molecule has 1 amide bonds. The van der Waals surface area contributed by atoms with Crippen molar-refractivity contribution in [1.82, 2.24) is 0 Å². The second-order valence-corrected chi connectivity index (χ2v) is 4.24. The van der Waals surface area contributed by atoms with Crippen molar-refractivity contribution in [3.63, 3.8) is 0 Å². The molecular formula is C13H18N2O2. The summed E-state index contributed by atoms with van der Waals surface area (Å²) in [6, 6.07) is 5.54. The second-order valence-electron chi connectivity index (χ2n) is 4.24. The summed E-state index contributed by atoms with van der Waals surface area (Å²) in [5.74, 6) is 0.789. The lowest BCUT2D eigenvalue weighted by atomic mass is 10.1. The molecule has 4 nitrogen and oxygen atoms in total. The molecule has 1 atom stereocenters. The first-order valence-corrected chi connectivity index (χ1v) is 6.00. The van der Waals surface area contributed by atoms with E-state index in [4.69, 9.17) is 4.74 Å². The Bertz CT molecular complexity index is 418. The van der Waals surface area contributed by atoms with Crippen LogP contribution in [0.3, 0.4) is 0 Å². The van der Waals surface area contributed by atoms with Gasteiger partial charge >= 0.3 is 0 Å². The normalized spacial score (nSPS) is 18.0. The van der Waals surface area contributed by atoms with Crippen molar-refractivity contribution in [1.29, 1.82) is 0 Å². The van der Waals surface area contributed by atoms with Crippen molar-refractivity contribution in [3.8, 4) is 5.75 Å². The van der Waals surface area contributed by atoms with Crippen LogP contribution in [0.25, 0.3) is 0 Å². The summed E-state index contributed by atoms with van der Waals surface area (Å²) in [7, 11) is 1.61. The minimum atomic E-state index is -0.115. The van der Waals surface area contributed by atoms with Crippen LogP contribution >= 0.6 is 0 Å². The highest BCUT2D eigenvalue weighted by Gasteiger charge is 2.24. The first-order chi connectivity index (χ1) is 8.24. The zero-order chi connectivity index (χ0) is 12.3. The van der Waals surface area contributed by atoms with Gasteiger partial charge in [0.15, 0.2) is 0 Å². The molecule has 1 unspecified atom stereocenters. The van der Waals surface area contributed by atoms with Crippen molar-refractivity contribution >= 4 is 17.3 Å². The van der Waals surface area contributed by atoms with E-state index in [2.05, 4.69) is 17.6 Å².